The second-order valence-electron chi connectivity index (χ2n) is 20.5. The van der Waals surface area contributed by atoms with Gasteiger partial charge in [-0.3, -0.25) is 0 Å². The molecule has 0 atom stereocenters. The van der Waals surface area contributed by atoms with Crippen LogP contribution in [0.3, 0.4) is 0 Å². The first kappa shape index (κ1) is 40.7. The molecule has 0 N–H and O–H groups in total. The number of aryl methyl sites for hydroxylation is 2. The van der Waals surface area contributed by atoms with Gasteiger partial charge in [0.1, 0.15) is 0 Å². The van der Waals surface area contributed by atoms with Crippen molar-refractivity contribution in [2.75, 3.05) is 9.80 Å². The van der Waals surface area contributed by atoms with Crippen LogP contribution in [0, 0.1) is 13.8 Å². The molecular formula is C66H49BN2O. The molecule has 0 saturated carbocycles. The second kappa shape index (κ2) is 15.1. The molecule has 3 heterocycles. The molecule has 0 amide bonds. The molecule has 70 heavy (non-hydrogen) atoms. The van der Waals surface area contributed by atoms with Crippen LogP contribution in [0.2, 0.25) is 0 Å². The molecule has 3 nitrogen and oxygen atoms in total. The molecule has 11 aromatic rings. The van der Waals surface area contributed by atoms with Crippen molar-refractivity contribution >= 4 is 89.5 Å². The lowest BCUT2D eigenvalue weighted by atomic mass is 9.32. The Hall–Kier alpha value is -8.34. The Labute approximate surface area is 410 Å². The smallest absolute Gasteiger partial charge is 0.248 e. The number of fused-ring (bicyclic) bond motifs is 8. The van der Waals surface area contributed by atoms with Crippen molar-refractivity contribution in [3.05, 3.63) is 223 Å². The van der Waals surface area contributed by atoms with E-state index in [2.05, 4.69) is 251 Å². The number of benzene rings is 11. The highest BCUT2D eigenvalue weighted by Crippen LogP contribution is 2.54. The van der Waals surface area contributed by atoms with Crippen LogP contribution in [0.25, 0.3) is 65.7 Å². The van der Waals surface area contributed by atoms with Crippen molar-refractivity contribution in [1.82, 2.24) is 0 Å². The highest BCUT2D eigenvalue weighted by atomic mass is 16.5. The standard InChI is InChI=1S/C66H49BN2O/c1-40-20-18-21-41(2)65(40)69-57-39-50-49(61(42-22-8-6-9-23-42)45-26-12-13-27-46(45)62(50)43-24-10-7-11-25-43)38-53(57)67-52-34-35-54(68-55-30-14-16-32-59(55)70-60-33-17-15-31-56(60)68)48-29-19-28-47(63(48)52)51-36-44(66(3,4)5)37-58(69)64(51)67/h6-39H,1-5H3. The number of rotatable bonds is 4. The summed E-state index contributed by atoms with van der Waals surface area (Å²) in [6.45, 7) is 11.6. The fourth-order valence-corrected chi connectivity index (χ4v) is 12.3. The average molecular weight is 897 g/mol. The fraction of sp³-hybridized carbons (Fsp3) is 0.0909. The number of hydrogen-bond acceptors (Lipinski definition) is 3. The van der Waals surface area contributed by atoms with E-state index in [1.807, 2.05) is 0 Å². The quantitative estimate of drug-likeness (QED) is 0.129. The molecule has 0 aromatic heterocycles. The molecule has 0 spiro atoms. The Balaban J connectivity index is 1.16. The van der Waals surface area contributed by atoms with Crippen molar-refractivity contribution in [3.63, 3.8) is 0 Å². The van der Waals surface area contributed by atoms with E-state index in [1.54, 1.807) is 0 Å². The predicted molar refractivity (Wildman–Crippen MR) is 298 cm³/mol. The summed E-state index contributed by atoms with van der Waals surface area (Å²) < 4.78 is 6.56. The van der Waals surface area contributed by atoms with Gasteiger partial charge in [0.15, 0.2) is 11.5 Å². The largest absolute Gasteiger partial charge is 0.453 e. The van der Waals surface area contributed by atoms with Crippen LogP contribution in [0.15, 0.2) is 206 Å². The van der Waals surface area contributed by atoms with E-state index >= 15 is 0 Å². The molecular weight excluding hydrogens is 848 g/mol. The molecule has 0 fully saturated rings. The number of nitrogens with zero attached hydrogens (tertiary/aromatic N) is 2. The van der Waals surface area contributed by atoms with Gasteiger partial charge in [0, 0.05) is 16.8 Å². The van der Waals surface area contributed by atoms with E-state index < -0.39 is 0 Å². The van der Waals surface area contributed by atoms with Crippen LogP contribution < -0.4 is 30.9 Å². The Morgan fingerprint density at radius 2 is 0.957 bits per heavy atom. The maximum Gasteiger partial charge on any atom is 0.248 e. The van der Waals surface area contributed by atoms with Crippen LogP contribution >= 0.6 is 0 Å². The molecule has 3 aliphatic rings. The highest BCUT2D eigenvalue weighted by molar-refractivity contribution is 7.01. The minimum absolute atomic E-state index is 0.0648. The Morgan fingerprint density at radius 1 is 0.400 bits per heavy atom. The van der Waals surface area contributed by atoms with Gasteiger partial charge >= 0.3 is 0 Å². The lowest BCUT2D eigenvalue weighted by Crippen LogP contribution is -2.59. The summed E-state index contributed by atoms with van der Waals surface area (Å²) in [4.78, 5) is 5.06. The van der Waals surface area contributed by atoms with E-state index in [4.69, 9.17) is 4.74 Å². The van der Waals surface area contributed by atoms with E-state index in [0.29, 0.717) is 0 Å². The van der Waals surface area contributed by atoms with Crippen LogP contribution in [-0.2, 0) is 5.41 Å². The molecule has 11 aromatic carbocycles. The molecule has 4 heteroatoms. The van der Waals surface area contributed by atoms with Gasteiger partial charge in [-0.1, -0.05) is 190 Å². The van der Waals surface area contributed by atoms with Gasteiger partial charge in [-0.15, -0.1) is 0 Å². The number of anilines is 6. The molecule has 14 rings (SSSR count). The molecule has 0 bridgehead atoms. The molecule has 0 radical (unpaired) electrons. The summed E-state index contributed by atoms with van der Waals surface area (Å²) in [6, 6.07) is 76.8. The average Bonchev–Trinajstić information content (AvgIpc) is 3.38. The summed E-state index contributed by atoms with van der Waals surface area (Å²) in [5.41, 5.74) is 22.1. The van der Waals surface area contributed by atoms with E-state index in [1.165, 1.54) is 116 Å². The monoisotopic (exact) mass is 896 g/mol. The lowest BCUT2D eigenvalue weighted by molar-refractivity contribution is 0.477. The van der Waals surface area contributed by atoms with Gasteiger partial charge in [0.2, 0.25) is 6.71 Å². The molecule has 0 aliphatic carbocycles. The Kier molecular flexibility index (Phi) is 8.77. The Bertz CT molecular complexity index is 3940. The molecule has 332 valence electrons. The topological polar surface area (TPSA) is 15.7 Å². The van der Waals surface area contributed by atoms with Gasteiger partial charge in [-0.25, -0.2) is 0 Å². The van der Waals surface area contributed by atoms with Crippen LogP contribution in [0.5, 0.6) is 11.5 Å². The Morgan fingerprint density at radius 3 is 1.59 bits per heavy atom. The normalized spacial score (nSPS) is 13.2. The molecule has 3 aliphatic heterocycles. The van der Waals surface area contributed by atoms with Gasteiger partial charge in [0.25, 0.3) is 0 Å². The number of hydrogen-bond donors (Lipinski definition) is 0. The van der Waals surface area contributed by atoms with Gasteiger partial charge < -0.3 is 14.5 Å². The van der Waals surface area contributed by atoms with Crippen LogP contribution in [0.4, 0.5) is 34.1 Å². The third kappa shape index (κ3) is 5.83. The SMILES string of the molecule is Cc1cccc(C)c1N1c2cc3c(-c4ccccc4)c4ccccc4c(-c4ccccc4)c3cc2B2c3c(cc(C(C)(C)C)cc31)-c1cccc3c(N4c5ccccc5Oc5ccccc54)ccc2c13. The lowest BCUT2D eigenvalue weighted by Gasteiger charge is -2.43. The van der Waals surface area contributed by atoms with Crippen molar-refractivity contribution in [2.45, 2.75) is 40.0 Å². The maximum atomic E-state index is 6.56. The predicted octanol–water partition coefficient (Wildman–Crippen LogP) is 16.2. The number of ether oxygens (including phenoxy) is 1. The van der Waals surface area contributed by atoms with Crippen molar-refractivity contribution in [1.29, 1.82) is 0 Å². The zero-order valence-electron chi connectivity index (χ0n) is 40.0. The van der Waals surface area contributed by atoms with E-state index in [-0.39, 0.29) is 12.1 Å². The van der Waals surface area contributed by atoms with Crippen molar-refractivity contribution in [2.24, 2.45) is 0 Å². The van der Waals surface area contributed by atoms with Gasteiger partial charge in [-0.05, 0) is 150 Å². The first-order valence-corrected chi connectivity index (χ1v) is 24.6. The van der Waals surface area contributed by atoms with Crippen LogP contribution in [0.1, 0.15) is 37.5 Å². The third-order valence-electron chi connectivity index (χ3n) is 15.4. The summed E-state index contributed by atoms with van der Waals surface area (Å²) in [5, 5.41) is 7.53. The zero-order valence-corrected chi connectivity index (χ0v) is 40.0. The summed E-state index contributed by atoms with van der Waals surface area (Å²) in [7, 11) is 0. The minimum Gasteiger partial charge on any atom is -0.453 e. The van der Waals surface area contributed by atoms with Gasteiger partial charge in [0.05, 0.1) is 22.7 Å². The second-order valence-corrected chi connectivity index (χ2v) is 20.5. The minimum atomic E-state index is -0.127. The van der Waals surface area contributed by atoms with E-state index in [9.17, 15) is 0 Å². The van der Waals surface area contributed by atoms with Gasteiger partial charge in [-0.2, -0.15) is 0 Å². The summed E-state index contributed by atoms with van der Waals surface area (Å²) in [5.74, 6) is 1.70. The maximum absolute atomic E-state index is 6.56. The van der Waals surface area contributed by atoms with Crippen molar-refractivity contribution < 1.29 is 4.74 Å². The zero-order chi connectivity index (χ0) is 47.0. The highest BCUT2D eigenvalue weighted by Gasteiger charge is 2.44. The molecule has 0 saturated heterocycles. The molecule has 0 unspecified atom stereocenters. The first-order chi connectivity index (χ1) is 34.2. The first-order valence-electron chi connectivity index (χ1n) is 24.6. The third-order valence-corrected chi connectivity index (χ3v) is 15.4. The van der Waals surface area contributed by atoms with E-state index in [0.717, 1.165) is 28.6 Å². The summed E-state index contributed by atoms with van der Waals surface area (Å²) in [6.07, 6.45) is 0. The summed E-state index contributed by atoms with van der Waals surface area (Å²) >= 11 is 0. The van der Waals surface area contributed by atoms with Crippen molar-refractivity contribution in [3.8, 4) is 44.9 Å². The van der Waals surface area contributed by atoms with Crippen LogP contribution in [-0.4, -0.2) is 6.71 Å². The fourth-order valence-electron chi connectivity index (χ4n) is 12.3. The number of para-hydroxylation sites is 5.